The number of amides is 9. The van der Waals surface area contributed by atoms with Gasteiger partial charge < -0.3 is 99.5 Å². The number of likely N-dealkylation sites (N-methyl/N-ethyl adjacent to an activating group) is 3. The van der Waals surface area contributed by atoms with Crippen LogP contribution in [0.15, 0.2) is 24.0 Å². The molecule has 0 aromatic rings. The van der Waals surface area contributed by atoms with Crippen LogP contribution in [0.5, 0.6) is 0 Å². The highest BCUT2D eigenvalue weighted by atomic mass is 32.2. The van der Waals surface area contributed by atoms with Gasteiger partial charge in [-0.15, -0.1) is 0 Å². The van der Waals surface area contributed by atoms with E-state index in [1.165, 1.54) is 109 Å². The Hall–Kier alpha value is -3.18. The zero-order chi connectivity index (χ0) is 79.3. The van der Waals surface area contributed by atoms with E-state index < -0.39 is 108 Å². The van der Waals surface area contributed by atoms with Crippen LogP contribution in [0.2, 0.25) is 0 Å². The molecule has 0 bridgehead atoms. The first-order valence-corrected chi connectivity index (χ1v) is 42.2. The molecule has 1 aliphatic heterocycles. The molecule has 602 valence electrons. The number of allylic oxidation sites excluding steroid dienone is 2. The first-order valence-electron chi connectivity index (χ1n) is 32.7. The summed E-state index contributed by atoms with van der Waals surface area (Å²) in [7, 11) is 4.92. The number of nitrogens with one attached hydrogen (secondary N) is 12. The minimum atomic E-state index is -1.04. The SMILES string of the molecule is C=C(NC(=O)C1CSC(C)C(NC)C(=O)N1)C(=O)N/C(=C\C)C(C)=O.CNC(C(=O)NC(CS)C(=O)NC(CSCCO)C(=O)NC(C(C)=O)C(C)SCCO)C(C)SCCO.CNC(C(=O)NC(CSCCO)C(=O)NC(CSCCO)C(=O)NC(C(C)=O)C(C)SCCO)C(C)S.OCCS.[HH].[HH].[HH]. The molecule has 41 heteroatoms. The van der Waals surface area contributed by atoms with Gasteiger partial charge in [-0.3, -0.25) is 57.5 Å². The van der Waals surface area contributed by atoms with Gasteiger partial charge in [-0.2, -0.15) is 120 Å². The van der Waals surface area contributed by atoms with E-state index in [1.807, 2.05) is 13.8 Å². The van der Waals surface area contributed by atoms with Crippen molar-refractivity contribution >= 4 is 191 Å². The maximum Gasteiger partial charge on any atom is 0.271 e. The van der Waals surface area contributed by atoms with Crippen molar-refractivity contribution in [3.8, 4) is 0 Å². The number of hydrogen-bond donors (Lipinski definition) is 22. The Kier molecular flexibility index (Phi) is 63.3. The van der Waals surface area contributed by atoms with Gasteiger partial charge in [0.05, 0.1) is 87.9 Å². The van der Waals surface area contributed by atoms with Crippen molar-refractivity contribution < 1.29 is 97.6 Å². The Labute approximate surface area is 657 Å². The number of rotatable bonds is 49. The van der Waals surface area contributed by atoms with Crippen molar-refractivity contribution in [1.82, 2.24) is 63.8 Å². The summed E-state index contributed by atoms with van der Waals surface area (Å²) < 4.78 is 0. The lowest BCUT2D eigenvalue weighted by Crippen LogP contribution is -2.59. The third-order valence-electron chi connectivity index (χ3n) is 14.0. The quantitative estimate of drug-likeness (QED) is 0.0165. The minimum absolute atomic E-state index is 0. The lowest BCUT2D eigenvalue weighted by Gasteiger charge is -2.28. The van der Waals surface area contributed by atoms with Crippen LogP contribution in [-0.4, -0.2) is 329 Å². The van der Waals surface area contributed by atoms with E-state index in [4.69, 9.17) is 35.7 Å². The number of carbonyl (C=O) groups excluding carboxylic acids is 12. The number of Topliss-reactive ketones (excluding diaryl/α,β-unsaturated/α-hetero) is 3. The Morgan fingerprint density at radius 3 is 1.25 bits per heavy atom. The van der Waals surface area contributed by atoms with Crippen molar-refractivity contribution in [2.75, 3.05) is 136 Å². The third-order valence-corrected chi connectivity index (χ3v) is 23.0. The molecule has 0 radical (unpaired) electrons. The fourth-order valence-electron chi connectivity index (χ4n) is 8.61. The molecule has 0 aromatic heterocycles. The molecule has 19 N–H and O–H groups in total. The minimum Gasteiger partial charge on any atom is -0.396 e. The first kappa shape index (κ1) is 104. The van der Waals surface area contributed by atoms with Crippen LogP contribution in [0.1, 0.15) is 66.6 Å². The molecule has 103 heavy (non-hydrogen) atoms. The first-order chi connectivity index (χ1) is 48.7. The van der Waals surface area contributed by atoms with E-state index in [-0.39, 0.29) is 134 Å². The van der Waals surface area contributed by atoms with E-state index >= 15 is 0 Å². The summed E-state index contributed by atoms with van der Waals surface area (Å²) in [5, 5.41) is 93.4. The summed E-state index contributed by atoms with van der Waals surface area (Å²) in [6.45, 7) is 17.9. The number of thioether (sulfide) groups is 7. The molecule has 0 aromatic carbocycles. The Morgan fingerprint density at radius 1 is 0.563 bits per heavy atom. The Bertz CT molecular complexity index is 2620. The molecular formula is C62H120N12O19S10. The topological polar surface area (TPSA) is 491 Å². The molecule has 0 spiro atoms. The highest BCUT2D eigenvalue weighted by molar-refractivity contribution is 8.01. The summed E-state index contributed by atoms with van der Waals surface area (Å²) in [4.78, 5) is 150. The molecule has 9 amide bonds. The molecule has 15 atom stereocenters. The maximum atomic E-state index is 13.2. The van der Waals surface area contributed by atoms with E-state index in [2.05, 4.69) is 108 Å². The van der Waals surface area contributed by atoms with Crippen LogP contribution in [0.4, 0.5) is 0 Å². The number of aliphatic hydroxyl groups excluding tert-OH is 7. The van der Waals surface area contributed by atoms with Gasteiger partial charge in [0.2, 0.25) is 47.3 Å². The zero-order valence-electron chi connectivity index (χ0n) is 60.6. The van der Waals surface area contributed by atoms with E-state index in [0.29, 0.717) is 46.0 Å². The second kappa shape index (κ2) is 62.7. The molecule has 0 saturated carbocycles. The van der Waals surface area contributed by atoms with Crippen molar-refractivity contribution in [3.63, 3.8) is 0 Å². The maximum absolute atomic E-state index is 13.2. The van der Waals surface area contributed by atoms with Crippen LogP contribution in [0, 0.1) is 0 Å². The zero-order valence-corrected chi connectivity index (χ0v) is 69.0. The smallest absolute Gasteiger partial charge is 0.271 e. The van der Waals surface area contributed by atoms with Gasteiger partial charge in [-0.05, 0) is 41.9 Å². The van der Waals surface area contributed by atoms with Crippen molar-refractivity contribution in [3.05, 3.63) is 24.0 Å². The van der Waals surface area contributed by atoms with Crippen molar-refractivity contribution in [2.24, 2.45) is 0 Å². The van der Waals surface area contributed by atoms with E-state index in [9.17, 15) is 57.5 Å². The average molecular weight is 1660 g/mol. The third kappa shape index (κ3) is 44.8. The molecule has 1 fully saturated rings. The lowest BCUT2D eigenvalue weighted by atomic mass is 10.1. The van der Waals surface area contributed by atoms with Gasteiger partial charge in [0.15, 0.2) is 17.3 Å². The van der Waals surface area contributed by atoms with Crippen LogP contribution >= 0.6 is 120 Å². The molecular weight excluding hydrogens is 1540 g/mol. The van der Waals surface area contributed by atoms with E-state index in [1.54, 1.807) is 48.8 Å². The molecule has 31 nitrogen and oxygen atoms in total. The predicted molar refractivity (Wildman–Crippen MR) is 435 cm³/mol. The average Bonchev–Trinajstić information content (AvgIpc) is 1.38. The standard InChI is InChI=1S/2C22H42N4O7S4.C16H24N4O4S.C2H6OS.3H2/c1-13(30)18(15(3)37-10-7-29)26-21(32)17(12-36-9-6-28)24-20(31)16(11-35-8-5-27)25-22(33)19(23-4)14(2)34;1-13(30)18(14(2)36-9-6-28)26-21(32)17(12-35-8-5-27)25-20(31)16(11-34)24-22(33)19(23-4)15(3)37-10-7-29;1-6-11(9(3)21)19-14(22)8(2)18-15(23)12-7-25-10(4)13(17-5)16(24)20-12;3-1-2-4;;;/h14-19,23,27-29,34H,5-12H2,1-4H3,(H,24,31)(H,25,33)(H,26,32);14-19,23,27-29,34H,5-12H2,1-4H3,(H,24,33)(H,25,31)(H,26,32);6,10,12-13,17H,2,7H2,1,3-5H3,(H,18,23)(H,19,22)(H,20,24);3-4H,1-2H2;3*1H/b;;11-6-;;;;. The van der Waals surface area contributed by atoms with Gasteiger partial charge in [0, 0.05) is 106 Å². The second-order valence-corrected chi connectivity index (χ2v) is 33.1. The Morgan fingerprint density at radius 2 is 0.922 bits per heavy atom. The summed E-state index contributed by atoms with van der Waals surface area (Å²) in [5.74, 6) is -1.83. The van der Waals surface area contributed by atoms with Crippen molar-refractivity contribution in [2.45, 2.75) is 149 Å². The summed E-state index contributed by atoms with van der Waals surface area (Å²) >= 11 is 21.5. The highest BCUT2D eigenvalue weighted by Crippen LogP contribution is 2.21. The number of thiol groups is 3. The monoisotopic (exact) mass is 1660 g/mol. The molecule has 0 aliphatic carbocycles. The number of aliphatic hydroxyl groups is 7. The van der Waals surface area contributed by atoms with Crippen LogP contribution in [0.3, 0.4) is 0 Å². The number of hydrogen-bond acceptors (Lipinski definition) is 32. The molecule has 1 heterocycles. The van der Waals surface area contributed by atoms with Gasteiger partial charge >= 0.3 is 0 Å². The summed E-state index contributed by atoms with van der Waals surface area (Å²) in [6, 6.07) is -8.19. The van der Waals surface area contributed by atoms with Crippen molar-refractivity contribution in [1.29, 1.82) is 0 Å². The number of ketones is 3. The second-order valence-electron chi connectivity index (χ2n) is 22.2. The van der Waals surface area contributed by atoms with Gasteiger partial charge in [0.1, 0.15) is 30.2 Å². The summed E-state index contributed by atoms with van der Waals surface area (Å²) in [5.41, 5.74) is -0.0864. The predicted octanol–water partition coefficient (Wildman–Crippen LogP) is -2.92. The highest BCUT2D eigenvalue weighted by Gasteiger charge is 2.37. The molecule has 1 saturated heterocycles. The fourth-order valence-corrected chi connectivity index (χ4v) is 15.4. The molecule has 1 rings (SSSR count). The molecule has 1 aliphatic rings. The lowest BCUT2D eigenvalue weighted by molar-refractivity contribution is -0.132. The largest absolute Gasteiger partial charge is 0.396 e. The molecule has 15 unspecified atom stereocenters. The normalized spacial score (nSPS) is 17.7. The van der Waals surface area contributed by atoms with Crippen LogP contribution in [0.25, 0.3) is 0 Å². The van der Waals surface area contributed by atoms with Crippen LogP contribution < -0.4 is 63.8 Å². The van der Waals surface area contributed by atoms with Gasteiger partial charge in [-0.1, -0.05) is 47.3 Å². The van der Waals surface area contributed by atoms with E-state index in [0.717, 1.165) is 0 Å². The van der Waals surface area contributed by atoms with Gasteiger partial charge in [0.25, 0.3) is 5.91 Å². The van der Waals surface area contributed by atoms with Gasteiger partial charge in [-0.25, -0.2) is 0 Å². The van der Waals surface area contributed by atoms with Crippen LogP contribution in [-0.2, 0) is 57.5 Å². The summed E-state index contributed by atoms with van der Waals surface area (Å²) in [6.07, 6.45) is 1.46. The number of carbonyl (C=O) groups is 12. The fraction of sp³-hybridized carbons (Fsp3) is 0.742. The Balaban J connectivity index is -0.000000345.